The summed E-state index contributed by atoms with van der Waals surface area (Å²) in [5.41, 5.74) is -2.09. The second kappa shape index (κ2) is 10.6. The SMILES string of the molecule is Cc1[nH]ncc1-c1ccc(C2(C(F)(F)F)CC(c3ccc(C4CC4)cc3)=C(CNC(=O)CC(F)(F)F)C(=O)N2)c(F)c1. The molecule has 0 spiro atoms. The Labute approximate surface area is 235 Å². The van der Waals surface area contributed by atoms with Gasteiger partial charge in [-0.15, -0.1) is 0 Å². The normalized spacial score (nSPS) is 19.6. The van der Waals surface area contributed by atoms with E-state index in [2.05, 4.69) is 10.2 Å². The van der Waals surface area contributed by atoms with Gasteiger partial charge in [0.15, 0.2) is 5.54 Å². The summed E-state index contributed by atoms with van der Waals surface area (Å²) < 4.78 is 98.5. The quantitative estimate of drug-likeness (QED) is 0.285. The van der Waals surface area contributed by atoms with Crippen molar-refractivity contribution >= 4 is 17.4 Å². The van der Waals surface area contributed by atoms with E-state index >= 15 is 4.39 Å². The summed E-state index contributed by atoms with van der Waals surface area (Å²) in [6, 6.07) is 9.65. The minimum absolute atomic E-state index is 0.167. The van der Waals surface area contributed by atoms with Crippen LogP contribution in [0.3, 0.4) is 0 Å². The molecule has 1 saturated carbocycles. The number of nitrogens with one attached hydrogen (secondary N) is 3. The standard InChI is InChI=1S/C29H25F7N4O2/c1-15-21(14-38-40-15)19-8-9-23(24(30)10-19)27(29(34,35)36)11-20(18-6-4-17(5-7-18)16-2-3-16)22(26(42)39-27)13-37-25(41)12-28(31,32)33/h4-10,14,16H,2-3,11-13H2,1H3,(H,37,41)(H,38,40)(H,39,42). The first kappa shape index (κ1) is 29.3. The molecule has 2 amide bonds. The van der Waals surface area contributed by atoms with E-state index in [9.17, 15) is 35.9 Å². The van der Waals surface area contributed by atoms with Gasteiger partial charge in [0, 0.05) is 35.4 Å². The summed E-state index contributed by atoms with van der Waals surface area (Å²) in [7, 11) is 0. The summed E-state index contributed by atoms with van der Waals surface area (Å²) in [5, 5.41) is 10.4. The summed E-state index contributed by atoms with van der Waals surface area (Å²) >= 11 is 0. The van der Waals surface area contributed by atoms with Crippen LogP contribution in [0.2, 0.25) is 0 Å². The van der Waals surface area contributed by atoms with E-state index in [4.69, 9.17) is 0 Å². The Kier molecular flexibility index (Phi) is 7.40. The lowest BCUT2D eigenvalue weighted by Crippen LogP contribution is -2.59. The first-order valence-corrected chi connectivity index (χ1v) is 13.0. The molecule has 0 saturated heterocycles. The molecule has 1 aliphatic heterocycles. The smallest absolute Gasteiger partial charge is 0.352 e. The van der Waals surface area contributed by atoms with E-state index in [1.165, 1.54) is 24.4 Å². The van der Waals surface area contributed by atoms with Crippen LogP contribution in [0.15, 0.2) is 54.2 Å². The molecule has 2 aliphatic rings. The van der Waals surface area contributed by atoms with Gasteiger partial charge in [0.1, 0.15) is 12.2 Å². The molecule has 13 heteroatoms. The molecule has 1 aromatic heterocycles. The largest absolute Gasteiger partial charge is 0.416 e. The Bertz CT molecular complexity index is 1550. The minimum atomic E-state index is -5.19. The van der Waals surface area contributed by atoms with Crippen molar-refractivity contribution in [2.45, 2.75) is 56.4 Å². The summed E-state index contributed by atoms with van der Waals surface area (Å²) in [6.45, 7) is 0.906. The van der Waals surface area contributed by atoms with Gasteiger partial charge in [-0.1, -0.05) is 36.4 Å². The number of alkyl halides is 6. The highest BCUT2D eigenvalue weighted by atomic mass is 19.4. The second-order valence-corrected chi connectivity index (χ2v) is 10.6. The fourth-order valence-corrected chi connectivity index (χ4v) is 5.25. The van der Waals surface area contributed by atoms with Crippen LogP contribution in [0.5, 0.6) is 0 Å². The third-order valence-electron chi connectivity index (χ3n) is 7.59. The van der Waals surface area contributed by atoms with Gasteiger partial charge in [-0.3, -0.25) is 14.7 Å². The summed E-state index contributed by atoms with van der Waals surface area (Å²) in [6.07, 6.45) is -9.47. The summed E-state index contributed by atoms with van der Waals surface area (Å²) in [4.78, 5) is 25.2. The van der Waals surface area contributed by atoms with Crippen molar-refractivity contribution in [3.8, 4) is 11.1 Å². The molecule has 222 valence electrons. The molecule has 5 rings (SSSR count). The van der Waals surface area contributed by atoms with Gasteiger partial charge >= 0.3 is 12.4 Å². The van der Waals surface area contributed by atoms with Gasteiger partial charge in [-0.2, -0.15) is 31.4 Å². The van der Waals surface area contributed by atoms with Gasteiger partial charge in [0.05, 0.1) is 6.20 Å². The van der Waals surface area contributed by atoms with E-state index in [0.717, 1.165) is 30.5 Å². The number of aromatic amines is 1. The molecule has 0 bridgehead atoms. The zero-order chi connectivity index (χ0) is 30.4. The lowest BCUT2D eigenvalue weighted by atomic mass is 9.76. The Morgan fingerprint density at radius 2 is 1.71 bits per heavy atom. The molecule has 1 aliphatic carbocycles. The average Bonchev–Trinajstić information content (AvgIpc) is 3.66. The predicted molar refractivity (Wildman–Crippen MR) is 138 cm³/mol. The average molecular weight is 595 g/mol. The van der Waals surface area contributed by atoms with Crippen LogP contribution < -0.4 is 10.6 Å². The zero-order valence-electron chi connectivity index (χ0n) is 22.1. The van der Waals surface area contributed by atoms with Gasteiger partial charge in [-0.05, 0) is 54.0 Å². The molecule has 3 N–H and O–H groups in total. The summed E-state index contributed by atoms with van der Waals surface area (Å²) in [5.74, 6) is -3.64. The van der Waals surface area contributed by atoms with Crippen molar-refractivity contribution in [1.29, 1.82) is 0 Å². The maximum Gasteiger partial charge on any atom is 0.416 e. The highest BCUT2D eigenvalue weighted by Gasteiger charge is 2.60. The first-order chi connectivity index (χ1) is 19.7. The van der Waals surface area contributed by atoms with Crippen LogP contribution in [0.4, 0.5) is 30.7 Å². The Morgan fingerprint density at radius 1 is 1.05 bits per heavy atom. The number of nitrogens with zero attached hydrogens (tertiary/aromatic N) is 1. The third kappa shape index (κ3) is 5.77. The van der Waals surface area contributed by atoms with Crippen molar-refractivity contribution < 1.29 is 40.3 Å². The number of rotatable bonds is 7. The van der Waals surface area contributed by atoms with E-state index < -0.39 is 60.5 Å². The van der Waals surface area contributed by atoms with Crippen molar-refractivity contribution in [3.63, 3.8) is 0 Å². The zero-order valence-corrected chi connectivity index (χ0v) is 22.1. The molecule has 42 heavy (non-hydrogen) atoms. The van der Waals surface area contributed by atoms with Gasteiger partial charge in [0.25, 0.3) is 0 Å². The van der Waals surface area contributed by atoms with Gasteiger partial charge < -0.3 is 10.6 Å². The lowest BCUT2D eigenvalue weighted by molar-refractivity contribution is -0.202. The molecular weight excluding hydrogens is 569 g/mol. The number of aryl methyl sites for hydroxylation is 1. The number of benzene rings is 2. The maximum atomic E-state index is 15.6. The van der Waals surface area contributed by atoms with Gasteiger partial charge in [0.2, 0.25) is 11.8 Å². The number of aromatic nitrogens is 2. The predicted octanol–water partition coefficient (Wildman–Crippen LogP) is 6.20. The van der Waals surface area contributed by atoms with Crippen LogP contribution >= 0.6 is 0 Å². The number of halogens is 7. The van der Waals surface area contributed by atoms with E-state index in [1.54, 1.807) is 19.1 Å². The number of carbonyl (C=O) groups is 2. The van der Waals surface area contributed by atoms with E-state index in [-0.39, 0.29) is 22.3 Å². The monoisotopic (exact) mass is 594 g/mol. The molecule has 6 nitrogen and oxygen atoms in total. The molecule has 2 heterocycles. The van der Waals surface area contributed by atoms with Crippen molar-refractivity contribution in [2.24, 2.45) is 0 Å². The van der Waals surface area contributed by atoms with Gasteiger partial charge in [-0.25, -0.2) is 4.39 Å². The van der Waals surface area contributed by atoms with Crippen LogP contribution in [0.25, 0.3) is 16.7 Å². The van der Waals surface area contributed by atoms with Crippen LogP contribution in [-0.2, 0) is 15.1 Å². The fraction of sp³-hybridized carbons (Fsp3) is 0.345. The third-order valence-corrected chi connectivity index (χ3v) is 7.59. The fourth-order valence-electron chi connectivity index (χ4n) is 5.25. The Morgan fingerprint density at radius 3 is 2.26 bits per heavy atom. The van der Waals surface area contributed by atoms with Crippen LogP contribution in [-0.4, -0.2) is 40.9 Å². The Hall–Kier alpha value is -4.16. The molecule has 1 fully saturated rings. The number of carbonyl (C=O) groups excluding carboxylic acids is 2. The number of amides is 2. The molecular formula is C29H25F7N4O2. The minimum Gasteiger partial charge on any atom is -0.352 e. The molecule has 1 unspecified atom stereocenters. The second-order valence-electron chi connectivity index (χ2n) is 10.6. The van der Waals surface area contributed by atoms with Crippen molar-refractivity contribution in [2.75, 3.05) is 6.54 Å². The maximum absolute atomic E-state index is 15.6. The number of hydrogen-bond donors (Lipinski definition) is 3. The van der Waals surface area contributed by atoms with Crippen LogP contribution in [0.1, 0.15) is 54.0 Å². The van der Waals surface area contributed by atoms with Crippen LogP contribution in [0, 0.1) is 12.7 Å². The highest BCUT2D eigenvalue weighted by Crippen LogP contribution is 2.50. The van der Waals surface area contributed by atoms with E-state index in [0.29, 0.717) is 17.2 Å². The molecule has 2 aromatic carbocycles. The molecule has 3 aromatic rings. The lowest BCUT2D eigenvalue weighted by Gasteiger charge is -2.42. The Balaban J connectivity index is 1.58. The van der Waals surface area contributed by atoms with Crippen molar-refractivity contribution in [1.82, 2.24) is 20.8 Å². The van der Waals surface area contributed by atoms with E-state index in [1.807, 2.05) is 10.6 Å². The van der Waals surface area contributed by atoms with Crippen molar-refractivity contribution in [3.05, 3.63) is 82.4 Å². The topological polar surface area (TPSA) is 86.9 Å². The number of H-pyrrole nitrogens is 1. The first-order valence-electron chi connectivity index (χ1n) is 13.0. The molecule has 0 radical (unpaired) electrons. The highest BCUT2D eigenvalue weighted by molar-refractivity contribution is 6.04. The molecule has 1 atom stereocenters. The number of hydrogen-bond acceptors (Lipinski definition) is 3.